The molecule has 2 N–H and O–H groups in total. The van der Waals surface area contributed by atoms with Crippen LogP contribution >= 0.6 is 0 Å². The fourth-order valence-electron chi connectivity index (χ4n) is 2.72. The van der Waals surface area contributed by atoms with Crippen molar-refractivity contribution in [2.45, 2.75) is 25.7 Å². The summed E-state index contributed by atoms with van der Waals surface area (Å²) in [6.45, 7) is 6.47. The molecule has 0 aliphatic rings. The number of aromatic nitrogens is 1. The molecule has 0 radical (unpaired) electrons. The van der Waals surface area contributed by atoms with Crippen LogP contribution < -0.4 is 14.8 Å². The molecule has 0 unspecified atom stereocenters. The summed E-state index contributed by atoms with van der Waals surface area (Å²) >= 11 is 0. The lowest BCUT2D eigenvalue weighted by Gasteiger charge is -2.11. The molecule has 0 aliphatic heterocycles. The molecule has 6 nitrogen and oxygen atoms in total. The third-order valence-electron chi connectivity index (χ3n) is 4.11. The van der Waals surface area contributed by atoms with E-state index in [-0.39, 0.29) is 10.7 Å². The zero-order chi connectivity index (χ0) is 20.1. The molecule has 28 heavy (non-hydrogen) atoms. The third-order valence-corrected chi connectivity index (χ3v) is 5.48. The van der Waals surface area contributed by atoms with Gasteiger partial charge in [0, 0.05) is 5.69 Å². The Hall–Kier alpha value is -3.06. The molecule has 7 heteroatoms. The summed E-state index contributed by atoms with van der Waals surface area (Å²) in [5.41, 5.74) is 4.08. The van der Waals surface area contributed by atoms with E-state index in [9.17, 15) is 8.42 Å². The van der Waals surface area contributed by atoms with Crippen molar-refractivity contribution in [3.8, 4) is 5.75 Å². The lowest BCUT2D eigenvalue weighted by atomic mass is 10.1. The van der Waals surface area contributed by atoms with Crippen molar-refractivity contribution in [1.29, 1.82) is 0 Å². The van der Waals surface area contributed by atoms with E-state index in [4.69, 9.17) is 4.74 Å². The van der Waals surface area contributed by atoms with Crippen LogP contribution in [0.1, 0.15) is 18.1 Å². The zero-order valence-electron chi connectivity index (χ0n) is 16.1. The molecule has 0 atom stereocenters. The second-order valence-corrected chi connectivity index (χ2v) is 8.07. The zero-order valence-corrected chi connectivity index (χ0v) is 16.9. The molecule has 1 aromatic heterocycles. The van der Waals surface area contributed by atoms with E-state index >= 15 is 0 Å². The second kappa shape index (κ2) is 8.31. The van der Waals surface area contributed by atoms with Crippen molar-refractivity contribution >= 4 is 27.2 Å². The van der Waals surface area contributed by atoms with Crippen LogP contribution in [-0.2, 0) is 10.0 Å². The number of hydrogen-bond donors (Lipinski definition) is 2. The van der Waals surface area contributed by atoms with Gasteiger partial charge < -0.3 is 10.1 Å². The SMILES string of the molecule is CCOc1ccc(S(=O)(=O)Nc2ccc(Nc3ccc(C)cc3C)cn2)cc1. The predicted octanol–water partition coefficient (Wildman–Crippen LogP) is 4.64. The number of nitrogens with one attached hydrogen (secondary N) is 2. The maximum absolute atomic E-state index is 12.5. The molecule has 0 spiro atoms. The third kappa shape index (κ3) is 4.80. The minimum Gasteiger partial charge on any atom is -0.494 e. The fourth-order valence-corrected chi connectivity index (χ4v) is 3.72. The topological polar surface area (TPSA) is 80.3 Å². The number of aryl methyl sites for hydroxylation is 2. The monoisotopic (exact) mass is 397 g/mol. The number of hydrogen-bond acceptors (Lipinski definition) is 5. The van der Waals surface area contributed by atoms with Gasteiger partial charge in [-0.1, -0.05) is 17.7 Å². The minimum absolute atomic E-state index is 0.148. The number of sulfonamides is 1. The van der Waals surface area contributed by atoms with Crippen LogP contribution in [0.15, 0.2) is 65.7 Å². The first-order valence-corrected chi connectivity index (χ1v) is 10.4. The highest BCUT2D eigenvalue weighted by Crippen LogP contribution is 2.23. The smallest absolute Gasteiger partial charge is 0.263 e. The molecule has 0 amide bonds. The maximum Gasteiger partial charge on any atom is 0.263 e. The molecule has 2 aromatic carbocycles. The molecule has 1 heterocycles. The van der Waals surface area contributed by atoms with Gasteiger partial charge in [0.15, 0.2) is 0 Å². The molecule has 3 rings (SSSR count). The molecule has 0 saturated carbocycles. The summed E-state index contributed by atoms with van der Waals surface area (Å²) in [5.74, 6) is 0.876. The van der Waals surface area contributed by atoms with Gasteiger partial charge in [-0.15, -0.1) is 0 Å². The summed E-state index contributed by atoms with van der Waals surface area (Å²) in [7, 11) is -3.72. The van der Waals surface area contributed by atoms with Gasteiger partial charge in [0.1, 0.15) is 11.6 Å². The number of ether oxygens (including phenoxy) is 1. The van der Waals surface area contributed by atoms with E-state index in [2.05, 4.69) is 21.1 Å². The van der Waals surface area contributed by atoms with Crippen molar-refractivity contribution in [2.24, 2.45) is 0 Å². The Morgan fingerprint density at radius 3 is 2.36 bits per heavy atom. The average Bonchev–Trinajstić information content (AvgIpc) is 2.66. The first-order chi connectivity index (χ1) is 13.4. The van der Waals surface area contributed by atoms with Gasteiger partial charge in [0.05, 0.1) is 23.4 Å². The molecule has 0 saturated heterocycles. The van der Waals surface area contributed by atoms with E-state index in [1.165, 1.54) is 17.7 Å². The van der Waals surface area contributed by atoms with Gasteiger partial charge in [0.2, 0.25) is 0 Å². The normalized spacial score (nSPS) is 11.1. The largest absolute Gasteiger partial charge is 0.494 e. The fraction of sp³-hybridized carbons (Fsp3) is 0.190. The van der Waals surface area contributed by atoms with Crippen LogP contribution in [0.5, 0.6) is 5.75 Å². The van der Waals surface area contributed by atoms with E-state index in [1.54, 1.807) is 30.5 Å². The Balaban J connectivity index is 1.70. The van der Waals surface area contributed by atoms with E-state index < -0.39 is 10.0 Å². The Kier molecular flexibility index (Phi) is 5.84. The first-order valence-electron chi connectivity index (χ1n) is 8.93. The lowest BCUT2D eigenvalue weighted by Crippen LogP contribution is -2.13. The number of pyridine rings is 1. The molecule has 0 fully saturated rings. The number of rotatable bonds is 7. The van der Waals surface area contributed by atoms with Crippen molar-refractivity contribution in [1.82, 2.24) is 4.98 Å². The predicted molar refractivity (Wildman–Crippen MR) is 112 cm³/mol. The molecular formula is C21H23N3O3S. The Bertz CT molecular complexity index is 1050. The van der Waals surface area contributed by atoms with Gasteiger partial charge >= 0.3 is 0 Å². The maximum atomic E-state index is 12.5. The van der Waals surface area contributed by atoms with Gasteiger partial charge in [-0.2, -0.15) is 0 Å². The van der Waals surface area contributed by atoms with Gasteiger partial charge in [-0.05, 0) is 68.8 Å². The van der Waals surface area contributed by atoms with E-state index in [0.717, 1.165) is 16.9 Å². The van der Waals surface area contributed by atoms with Crippen molar-refractivity contribution in [3.05, 3.63) is 71.9 Å². The number of nitrogens with zero attached hydrogens (tertiary/aromatic N) is 1. The molecule has 3 aromatic rings. The van der Waals surface area contributed by atoms with Crippen LogP contribution in [0, 0.1) is 13.8 Å². The Morgan fingerprint density at radius 1 is 1.00 bits per heavy atom. The summed E-state index contributed by atoms with van der Waals surface area (Å²) in [5, 5.41) is 3.29. The summed E-state index contributed by atoms with van der Waals surface area (Å²) in [6.07, 6.45) is 1.59. The van der Waals surface area contributed by atoms with E-state index in [1.807, 2.05) is 32.9 Å². The minimum atomic E-state index is -3.72. The van der Waals surface area contributed by atoms with Gasteiger partial charge in [-0.3, -0.25) is 4.72 Å². The number of anilines is 3. The average molecular weight is 398 g/mol. The van der Waals surface area contributed by atoms with Gasteiger partial charge in [0.25, 0.3) is 10.0 Å². The highest BCUT2D eigenvalue weighted by Gasteiger charge is 2.15. The summed E-state index contributed by atoms with van der Waals surface area (Å²) in [6, 6.07) is 15.8. The molecule has 146 valence electrons. The van der Waals surface area contributed by atoms with Crippen LogP contribution in [0.25, 0.3) is 0 Å². The van der Waals surface area contributed by atoms with Crippen LogP contribution in [-0.4, -0.2) is 20.0 Å². The standard InChI is InChI=1S/C21H23N3O3S/c1-4-27-18-7-9-19(10-8-18)28(25,26)24-21-12-6-17(14-22-21)23-20-11-5-15(2)13-16(20)3/h5-14,23H,4H2,1-3H3,(H,22,24). The van der Waals surface area contributed by atoms with Crippen molar-refractivity contribution in [3.63, 3.8) is 0 Å². The number of benzene rings is 2. The summed E-state index contributed by atoms with van der Waals surface area (Å²) < 4.78 is 32.9. The second-order valence-electron chi connectivity index (χ2n) is 6.39. The Morgan fingerprint density at radius 2 is 1.75 bits per heavy atom. The summed E-state index contributed by atoms with van der Waals surface area (Å²) in [4.78, 5) is 4.35. The Labute approximate surface area is 165 Å². The van der Waals surface area contributed by atoms with Gasteiger partial charge in [-0.25, -0.2) is 13.4 Å². The van der Waals surface area contributed by atoms with Crippen LogP contribution in [0.4, 0.5) is 17.2 Å². The molecule has 0 aliphatic carbocycles. The highest BCUT2D eigenvalue weighted by atomic mass is 32.2. The molecular weight excluding hydrogens is 374 g/mol. The molecule has 0 bridgehead atoms. The lowest BCUT2D eigenvalue weighted by molar-refractivity contribution is 0.340. The van der Waals surface area contributed by atoms with Crippen LogP contribution in [0.2, 0.25) is 0 Å². The van der Waals surface area contributed by atoms with Crippen molar-refractivity contribution in [2.75, 3.05) is 16.6 Å². The van der Waals surface area contributed by atoms with E-state index in [0.29, 0.717) is 12.4 Å². The first kappa shape index (κ1) is 19.7. The van der Waals surface area contributed by atoms with Crippen molar-refractivity contribution < 1.29 is 13.2 Å². The highest BCUT2D eigenvalue weighted by molar-refractivity contribution is 7.92. The quantitative estimate of drug-likeness (QED) is 0.607. The van der Waals surface area contributed by atoms with Crippen LogP contribution in [0.3, 0.4) is 0 Å².